The van der Waals surface area contributed by atoms with Gasteiger partial charge < -0.3 is 5.73 Å². The molecule has 0 aliphatic rings. The number of nitrogens with zero attached hydrogens (tertiary/aromatic N) is 1. The average molecular weight is 399 g/mol. The second-order valence-corrected chi connectivity index (χ2v) is 5.70. The average Bonchev–Trinajstić information content (AvgIpc) is 2.11. The monoisotopic (exact) mass is 396 g/mol. The molecule has 0 atom stereocenters. The minimum Gasteiger partial charge on any atom is -0.387 e. The van der Waals surface area contributed by atoms with Crippen molar-refractivity contribution in [1.82, 2.24) is 0 Å². The van der Waals surface area contributed by atoms with Crippen LogP contribution in [0.15, 0.2) is 30.5 Å². The number of nitrogens with two attached hydrogens (primary N) is 1. The van der Waals surface area contributed by atoms with E-state index in [0.29, 0.717) is 5.84 Å². The Morgan fingerprint density at radius 2 is 1.80 bits per heavy atom. The molecule has 0 amide bonds. The smallest absolute Gasteiger partial charge is 0.0997 e. The normalized spacial score (nSPS) is 11.9. The molecule has 1 aromatic rings. The SMILES string of the molecule is CCCC(N)=Nc1c(Br)cc(Br)cc1Br. The van der Waals surface area contributed by atoms with E-state index in [1.807, 2.05) is 12.1 Å². The largest absolute Gasteiger partial charge is 0.387 e. The summed E-state index contributed by atoms with van der Waals surface area (Å²) in [4.78, 5) is 4.37. The summed E-state index contributed by atoms with van der Waals surface area (Å²) in [5.41, 5.74) is 6.63. The van der Waals surface area contributed by atoms with Crippen molar-refractivity contribution in [1.29, 1.82) is 0 Å². The van der Waals surface area contributed by atoms with Gasteiger partial charge in [0.1, 0.15) is 0 Å². The van der Waals surface area contributed by atoms with Gasteiger partial charge >= 0.3 is 0 Å². The highest BCUT2D eigenvalue weighted by Crippen LogP contribution is 2.36. The van der Waals surface area contributed by atoms with Crippen LogP contribution in [0.3, 0.4) is 0 Å². The van der Waals surface area contributed by atoms with Gasteiger partial charge in [0.25, 0.3) is 0 Å². The van der Waals surface area contributed by atoms with Gasteiger partial charge in [0.2, 0.25) is 0 Å². The summed E-state index contributed by atoms with van der Waals surface area (Å²) in [5, 5.41) is 0. The molecule has 0 fully saturated rings. The van der Waals surface area contributed by atoms with Gasteiger partial charge in [-0.25, -0.2) is 4.99 Å². The lowest BCUT2D eigenvalue weighted by atomic mass is 10.3. The zero-order chi connectivity index (χ0) is 11.4. The van der Waals surface area contributed by atoms with Crippen molar-refractivity contribution in [2.24, 2.45) is 10.7 Å². The minimum absolute atomic E-state index is 0.654. The molecule has 0 spiro atoms. The summed E-state index contributed by atoms with van der Waals surface area (Å²) in [6.07, 6.45) is 1.82. The maximum atomic E-state index is 5.79. The first-order valence-corrected chi connectivity index (χ1v) is 6.90. The van der Waals surface area contributed by atoms with E-state index >= 15 is 0 Å². The molecule has 0 radical (unpaired) electrons. The van der Waals surface area contributed by atoms with Crippen LogP contribution in [0.2, 0.25) is 0 Å². The third-order valence-electron chi connectivity index (χ3n) is 1.74. The Morgan fingerprint density at radius 3 is 2.27 bits per heavy atom. The molecular weight excluding hydrogens is 388 g/mol. The Hall–Kier alpha value is 0.130. The lowest BCUT2D eigenvalue weighted by molar-refractivity contribution is 0.983. The number of hydrogen-bond donors (Lipinski definition) is 1. The first-order valence-electron chi connectivity index (χ1n) is 4.52. The van der Waals surface area contributed by atoms with Crippen LogP contribution < -0.4 is 5.73 Å². The van der Waals surface area contributed by atoms with Crippen LogP contribution in [0.4, 0.5) is 5.69 Å². The molecule has 82 valence electrons. The molecule has 0 saturated heterocycles. The van der Waals surface area contributed by atoms with Crippen molar-refractivity contribution >= 4 is 59.3 Å². The van der Waals surface area contributed by atoms with Crippen LogP contribution in [-0.2, 0) is 0 Å². The number of rotatable bonds is 3. The van der Waals surface area contributed by atoms with Crippen LogP contribution in [0.25, 0.3) is 0 Å². The topological polar surface area (TPSA) is 38.4 Å². The maximum Gasteiger partial charge on any atom is 0.0997 e. The van der Waals surface area contributed by atoms with Gasteiger partial charge in [-0.1, -0.05) is 22.9 Å². The molecule has 2 N–H and O–H groups in total. The van der Waals surface area contributed by atoms with E-state index in [-0.39, 0.29) is 0 Å². The first kappa shape index (κ1) is 13.2. The molecule has 1 rings (SSSR count). The highest BCUT2D eigenvalue weighted by molar-refractivity contribution is 9.11. The molecule has 0 unspecified atom stereocenters. The summed E-state index contributed by atoms with van der Waals surface area (Å²) < 4.78 is 2.83. The summed E-state index contributed by atoms with van der Waals surface area (Å²) in [6, 6.07) is 3.89. The van der Waals surface area contributed by atoms with Gasteiger partial charge in [-0.3, -0.25) is 0 Å². The van der Waals surface area contributed by atoms with Gasteiger partial charge in [0.05, 0.1) is 11.5 Å². The van der Waals surface area contributed by atoms with Gasteiger partial charge in [-0.15, -0.1) is 0 Å². The van der Waals surface area contributed by atoms with Gasteiger partial charge in [-0.05, 0) is 50.4 Å². The minimum atomic E-state index is 0.654. The van der Waals surface area contributed by atoms with Crippen molar-refractivity contribution in [2.45, 2.75) is 19.8 Å². The molecule has 15 heavy (non-hydrogen) atoms. The summed E-state index contributed by atoms with van der Waals surface area (Å²) in [6.45, 7) is 2.08. The van der Waals surface area contributed by atoms with E-state index in [1.165, 1.54) is 0 Å². The molecule has 0 bridgehead atoms. The lowest BCUT2D eigenvalue weighted by Gasteiger charge is -2.05. The number of aliphatic imine (C=N–C) groups is 1. The molecule has 0 aromatic heterocycles. The molecule has 0 aliphatic carbocycles. The molecular formula is C10H11Br3N2. The maximum absolute atomic E-state index is 5.79. The standard InChI is InChI=1S/C10H11Br3N2/c1-2-3-9(14)15-10-7(12)4-6(11)5-8(10)13/h4-5H,2-3H2,1H3,(H2,14,15). The zero-order valence-electron chi connectivity index (χ0n) is 8.23. The van der Waals surface area contributed by atoms with Crippen LogP contribution in [-0.4, -0.2) is 5.84 Å². The van der Waals surface area contributed by atoms with E-state index in [0.717, 1.165) is 31.9 Å². The first-order chi connectivity index (χ1) is 7.04. The third kappa shape index (κ3) is 3.89. The summed E-state index contributed by atoms with van der Waals surface area (Å²) >= 11 is 10.3. The van der Waals surface area contributed by atoms with Crippen molar-refractivity contribution in [2.75, 3.05) is 0 Å². The fourth-order valence-corrected chi connectivity index (χ4v) is 3.53. The van der Waals surface area contributed by atoms with E-state index in [4.69, 9.17) is 5.73 Å². The quantitative estimate of drug-likeness (QED) is 0.578. The Morgan fingerprint density at radius 1 is 1.27 bits per heavy atom. The molecule has 2 nitrogen and oxygen atoms in total. The Labute approximate surface area is 115 Å². The van der Waals surface area contributed by atoms with E-state index in [2.05, 4.69) is 59.7 Å². The second-order valence-electron chi connectivity index (χ2n) is 3.07. The fourth-order valence-electron chi connectivity index (χ4n) is 1.10. The molecule has 1 aromatic carbocycles. The number of amidine groups is 1. The predicted molar refractivity (Wildman–Crippen MR) is 75.7 cm³/mol. The van der Waals surface area contributed by atoms with Crippen molar-refractivity contribution in [3.05, 3.63) is 25.6 Å². The summed E-state index contributed by atoms with van der Waals surface area (Å²) in [7, 11) is 0. The van der Waals surface area contributed by atoms with Crippen molar-refractivity contribution in [3.8, 4) is 0 Å². The summed E-state index contributed by atoms with van der Waals surface area (Å²) in [5.74, 6) is 0.654. The number of hydrogen-bond acceptors (Lipinski definition) is 1. The molecule has 0 saturated carbocycles. The molecule has 0 heterocycles. The Kier molecular flexibility index (Phi) is 5.29. The van der Waals surface area contributed by atoms with E-state index in [9.17, 15) is 0 Å². The van der Waals surface area contributed by atoms with Crippen LogP contribution in [0.5, 0.6) is 0 Å². The Bertz CT molecular complexity index is 365. The lowest BCUT2D eigenvalue weighted by Crippen LogP contribution is -2.10. The highest BCUT2D eigenvalue weighted by Gasteiger charge is 2.06. The van der Waals surface area contributed by atoms with Crippen molar-refractivity contribution in [3.63, 3.8) is 0 Å². The van der Waals surface area contributed by atoms with E-state index in [1.54, 1.807) is 0 Å². The second kappa shape index (κ2) is 6.01. The molecule has 0 aliphatic heterocycles. The van der Waals surface area contributed by atoms with Crippen LogP contribution in [0, 0.1) is 0 Å². The van der Waals surface area contributed by atoms with Gasteiger partial charge in [0.15, 0.2) is 0 Å². The van der Waals surface area contributed by atoms with Crippen LogP contribution >= 0.6 is 47.8 Å². The van der Waals surface area contributed by atoms with E-state index < -0.39 is 0 Å². The highest BCUT2D eigenvalue weighted by atomic mass is 79.9. The number of halogens is 3. The van der Waals surface area contributed by atoms with Gasteiger partial charge in [-0.2, -0.15) is 0 Å². The van der Waals surface area contributed by atoms with Gasteiger partial charge in [0, 0.05) is 19.8 Å². The Balaban J connectivity index is 3.09. The zero-order valence-corrected chi connectivity index (χ0v) is 13.0. The van der Waals surface area contributed by atoms with Crippen molar-refractivity contribution < 1.29 is 0 Å². The predicted octanol–water partition coefficient (Wildman–Crippen LogP) is 4.76. The number of benzene rings is 1. The third-order valence-corrected chi connectivity index (χ3v) is 3.41. The van der Waals surface area contributed by atoms with Crippen LogP contribution in [0.1, 0.15) is 19.8 Å². The molecule has 5 heteroatoms. The fraction of sp³-hybridized carbons (Fsp3) is 0.300.